The second-order valence-corrected chi connectivity index (χ2v) is 18.7. The van der Waals surface area contributed by atoms with Gasteiger partial charge in [0.05, 0.1) is 18.8 Å². The Morgan fingerprint density at radius 1 is 0.571 bits per heavy atom. The monoisotopic (exact) mass is 944 g/mol. The first-order chi connectivity index (χ1) is 29.9. The summed E-state index contributed by atoms with van der Waals surface area (Å²) in [5, 5.41) is 61.7. The maximum atomic E-state index is 13.0. The minimum absolute atomic E-state index is 0.0584. The molecule has 0 radical (unpaired) electrons. The topological polar surface area (TPSA) is 296 Å². The summed E-state index contributed by atoms with van der Waals surface area (Å²) in [5.41, 5.74) is 0. The summed E-state index contributed by atoms with van der Waals surface area (Å²) in [6, 6.07) is 0. The van der Waals surface area contributed by atoms with Crippen LogP contribution in [0.2, 0.25) is 0 Å². The maximum absolute atomic E-state index is 13.0. The minimum atomic E-state index is -5.38. The Labute approximate surface area is 373 Å². The fraction of sp³-hybridized carbons (Fsp3) is 0.814. The van der Waals surface area contributed by atoms with Crippen LogP contribution in [-0.2, 0) is 41.8 Å². The molecule has 0 heterocycles. The van der Waals surface area contributed by atoms with Crippen LogP contribution in [0.25, 0.3) is 0 Å². The third kappa shape index (κ3) is 28.7. The van der Waals surface area contributed by atoms with Crippen molar-refractivity contribution in [2.45, 2.75) is 210 Å². The first kappa shape index (κ1) is 59.2. The molecule has 0 bridgehead atoms. The number of rotatable bonds is 37. The normalized spacial score (nSPS) is 23.3. The van der Waals surface area contributed by atoms with Crippen LogP contribution in [-0.4, -0.2) is 125 Å². The van der Waals surface area contributed by atoms with Gasteiger partial charge in [0, 0.05) is 12.8 Å². The number of hydrogen-bond donors (Lipinski definition) is 9. The average molecular weight is 945 g/mol. The highest BCUT2D eigenvalue weighted by Crippen LogP contribution is 2.49. The fourth-order valence-corrected chi connectivity index (χ4v) is 8.21. The van der Waals surface area contributed by atoms with Gasteiger partial charge in [0.1, 0.15) is 43.2 Å². The van der Waals surface area contributed by atoms with E-state index in [9.17, 15) is 54.3 Å². The van der Waals surface area contributed by atoms with E-state index in [0.717, 1.165) is 89.9 Å². The molecular weight excluding hydrogens is 866 g/mol. The summed E-state index contributed by atoms with van der Waals surface area (Å²) in [5.74, 6) is -1.34. The molecule has 0 aromatic carbocycles. The Kier molecular flexibility index (Phi) is 32.3. The van der Waals surface area contributed by atoms with Crippen LogP contribution in [0, 0.1) is 0 Å². The number of ether oxygens (including phenoxy) is 2. The summed E-state index contributed by atoms with van der Waals surface area (Å²) in [4.78, 5) is 54.2. The number of phosphoric acid groups is 2. The quantitative estimate of drug-likeness (QED) is 0.0152. The lowest BCUT2D eigenvalue weighted by molar-refractivity contribution is -0.216. The Morgan fingerprint density at radius 3 is 1.73 bits per heavy atom. The summed E-state index contributed by atoms with van der Waals surface area (Å²) >= 11 is 0. The molecule has 0 aliphatic heterocycles. The van der Waals surface area contributed by atoms with Crippen molar-refractivity contribution in [3.8, 4) is 0 Å². The van der Waals surface area contributed by atoms with Crippen LogP contribution < -0.4 is 0 Å². The molecule has 0 spiro atoms. The van der Waals surface area contributed by atoms with Gasteiger partial charge in [0.15, 0.2) is 6.10 Å². The number of esters is 2. The van der Waals surface area contributed by atoms with Gasteiger partial charge >= 0.3 is 27.6 Å². The molecule has 1 aliphatic carbocycles. The van der Waals surface area contributed by atoms with Gasteiger partial charge in [-0.25, -0.2) is 9.13 Å². The zero-order valence-corrected chi connectivity index (χ0v) is 39.0. The van der Waals surface area contributed by atoms with Gasteiger partial charge < -0.3 is 54.8 Å². The van der Waals surface area contributed by atoms with Crippen LogP contribution >= 0.6 is 15.6 Å². The van der Waals surface area contributed by atoms with E-state index in [1.54, 1.807) is 0 Å². The number of carbonyl (C=O) groups excluding carboxylic acids is 2. The first-order valence-electron chi connectivity index (χ1n) is 22.7. The van der Waals surface area contributed by atoms with Gasteiger partial charge in [-0.15, -0.1) is 0 Å². The predicted molar refractivity (Wildman–Crippen MR) is 235 cm³/mol. The molecule has 368 valence electrons. The van der Waals surface area contributed by atoms with Gasteiger partial charge in [-0.2, -0.15) is 0 Å². The molecule has 5 unspecified atom stereocenters. The maximum Gasteiger partial charge on any atom is 0.472 e. The molecule has 9 N–H and O–H groups in total. The first-order valence-corrected chi connectivity index (χ1v) is 25.7. The highest BCUT2D eigenvalue weighted by Gasteiger charge is 2.54. The molecule has 0 amide bonds. The van der Waals surface area contributed by atoms with E-state index < -0.39 is 95.7 Å². The van der Waals surface area contributed by atoms with Gasteiger partial charge in [0.2, 0.25) is 0 Å². The van der Waals surface area contributed by atoms with Crippen LogP contribution in [0.5, 0.6) is 0 Å². The van der Waals surface area contributed by atoms with Crippen molar-refractivity contribution in [2.24, 2.45) is 0 Å². The molecule has 1 saturated carbocycles. The zero-order chi connectivity index (χ0) is 47.1. The summed E-state index contributed by atoms with van der Waals surface area (Å²) < 4.78 is 49.2. The van der Waals surface area contributed by atoms with Gasteiger partial charge in [-0.1, -0.05) is 115 Å². The lowest BCUT2D eigenvalue weighted by Crippen LogP contribution is -2.64. The van der Waals surface area contributed by atoms with Gasteiger partial charge in [0.25, 0.3) is 0 Å². The predicted octanol–water partition coefficient (Wildman–Crippen LogP) is 5.89. The number of hydrogen-bond acceptors (Lipinski definition) is 15. The van der Waals surface area contributed by atoms with Crippen LogP contribution in [0.3, 0.4) is 0 Å². The van der Waals surface area contributed by atoms with Crippen molar-refractivity contribution in [3.05, 3.63) is 36.5 Å². The Hall–Kier alpha value is -1.86. The summed E-state index contributed by atoms with van der Waals surface area (Å²) in [6.45, 7) is 2.82. The number of aliphatic hydroxyl groups excluding tert-OH is 6. The second kappa shape index (κ2) is 34.4. The van der Waals surface area contributed by atoms with Gasteiger partial charge in [-0.05, 0) is 64.2 Å². The standard InChI is InChI=1S/C43H78O18P2/c1-3-5-7-9-11-12-13-14-15-16-17-21-25-29-36(46)57-31-33(32-58-63(55,56)61-43-40(50)38(48)39(49)42(41(43)51)60-62(52,53)54)59-37(47)30-26-22-18-20-24-28-35(45)34(44)27-23-19-10-8-6-4-2/h7,9,12-13,19,23,33-35,38-45,48-51H,3-6,8,10-11,14-18,20-22,24-32H2,1-2H3,(H,55,56)(H2,52,53,54)/b9-7-,13-12-,23-19-/t33-,34+,35+,38?,39?,40?,41?,42-,43+/m1/s1. The smallest absolute Gasteiger partial charge is 0.462 e. The van der Waals surface area contributed by atoms with Crippen molar-refractivity contribution in [2.75, 3.05) is 13.2 Å². The molecule has 18 nitrogen and oxygen atoms in total. The van der Waals surface area contributed by atoms with Crippen molar-refractivity contribution < 1.29 is 87.1 Å². The molecule has 1 rings (SSSR count). The van der Waals surface area contributed by atoms with E-state index in [-0.39, 0.29) is 12.8 Å². The van der Waals surface area contributed by atoms with Crippen molar-refractivity contribution in [1.82, 2.24) is 0 Å². The average Bonchev–Trinajstić information content (AvgIpc) is 3.23. The van der Waals surface area contributed by atoms with E-state index in [0.29, 0.717) is 38.5 Å². The number of carbonyl (C=O) groups is 2. The largest absolute Gasteiger partial charge is 0.472 e. The van der Waals surface area contributed by atoms with Gasteiger partial charge in [-0.3, -0.25) is 23.2 Å². The van der Waals surface area contributed by atoms with Crippen LogP contribution in [0.15, 0.2) is 36.5 Å². The zero-order valence-electron chi connectivity index (χ0n) is 37.2. The Morgan fingerprint density at radius 2 is 1.11 bits per heavy atom. The van der Waals surface area contributed by atoms with E-state index in [4.69, 9.17) is 28.3 Å². The highest BCUT2D eigenvalue weighted by atomic mass is 31.2. The third-order valence-electron chi connectivity index (χ3n) is 10.4. The molecule has 10 atom stereocenters. The van der Waals surface area contributed by atoms with Crippen molar-refractivity contribution >= 4 is 27.6 Å². The Bertz CT molecular complexity index is 1410. The summed E-state index contributed by atoms with van der Waals surface area (Å²) in [7, 11) is -10.7. The molecular formula is C43H78O18P2. The number of phosphoric ester groups is 2. The highest BCUT2D eigenvalue weighted by molar-refractivity contribution is 7.47. The van der Waals surface area contributed by atoms with Crippen LogP contribution in [0.1, 0.15) is 155 Å². The van der Waals surface area contributed by atoms with E-state index in [2.05, 4.69) is 42.7 Å². The lowest BCUT2D eigenvalue weighted by Gasteiger charge is -2.43. The van der Waals surface area contributed by atoms with Crippen LogP contribution in [0.4, 0.5) is 0 Å². The molecule has 1 fully saturated rings. The molecule has 0 aromatic heterocycles. The van der Waals surface area contributed by atoms with E-state index in [1.165, 1.54) is 0 Å². The second-order valence-electron chi connectivity index (χ2n) is 16.1. The minimum Gasteiger partial charge on any atom is -0.462 e. The van der Waals surface area contributed by atoms with Crippen molar-refractivity contribution in [3.63, 3.8) is 0 Å². The lowest BCUT2D eigenvalue weighted by atomic mass is 9.85. The Balaban J connectivity index is 2.68. The van der Waals surface area contributed by atoms with Crippen molar-refractivity contribution in [1.29, 1.82) is 0 Å². The molecule has 63 heavy (non-hydrogen) atoms. The molecule has 1 aliphatic rings. The number of unbranched alkanes of at least 4 members (excludes halogenated alkanes) is 13. The summed E-state index contributed by atoms with van der Waals surface area (Å²) in [6.07, 6.45) is 12.7. The molecule has 0 saturated heterocycles. The SMILES string of the molecule is CCC/C=C\C/C=C\CCCCCCCC(=O)OC[C@H](COP(=O)(O)O[C@H]1C(O)C(O)C(O)[C@@H](OP(=O)(O)O)C1O)OC(=O)CCCCCCC[C@H](O)[C@@H](O)C/C=C\CCCCC. The molecule has 0 aromatic rings. The van der Waals surface area contributed by atoms with E-state index in [1.807, 2.05) is 12.2 Å². The number of aliphatic hydroxyl groups is 6. The third-order valence-corrected chi connectivity index (χ3v) is 11.9. The molecule has 20 heteroatoms. The fourth-order valence-electron chi connectivity index (χ4n) is 6.67. The van der Waals surface area contributed by atoms with E-state index >= 15 is 0 Å². The number of allylic oxidation sites excluding steroid dienone is 5.